The third-order valence-corrected chi connectivity index (χ3v) is 6.30. The fraction of sp³-hybridized carbons (Fsp3) is 0.0435. The maximum atomic E-state index is 13.0. The van der Waals surface area contributed by atoms with Crippen molar-refractivity contribution in [2.24, 2.45) is 0 Å². The molecule has 0 bridgehead atoms. The summed E-state index contributed by atoms with van der Waals surface area (Å²) in [4.78, 5) is 18.2. The van der Waals surface area contributed by atoms with Crippen molar-refractivity contribution in [1.82, 2.24) is 9.38 Å². The highest BCUT2D eigenvalue weighted by molar-refractivity contribution is 7.15. The summed E-state index contributed by atoms with van der Waals surface area (Å²) in [6, 6.07) is 20.5. The van der Waals surface area contributed by atoms with Gasteiger partial charge < -0.3 is 4.74 Å². The molecule has 3 aromatic carbocycles. The molecule has 0 amide bonds. The molecule has 5 rings (SSSR count). The molecule has 0 unspecified atom stereocenters. The molecule has 7 heteroatoms. The molecule has 0 radical (unpaired) electrons. The number of nitrogens with zero attached hydrogens (tertiary/aromatic N) is 2. The van der Waals surface area contributed by atoms with Crippen LogP contribution in [0, 0.1) is 0 Å². The molecule has 0 atom stereocenters. The van der Waals surface area contributed by atoms with Crippen LogP contribution in [0.25, 0.3) is 22.1 Å². The van der Waals surface area contributed by atoms with Gasteiger partial charge in [0, 0.05) is 21.2 Å². The second-order valence-electron chi connectivity index (χ2n) is 6.70. The summed E-state index contributed by atoms with van der Waals surface area (Å²) in [5, 5.41) is 1.13. The molecule has 2 heterocycles. The first-order chi connectivity index (χ1) is 14.6. The van der Waals surface area contributed by atoms with Crippen molar-refractivity contribution in [2.75, 3.05) is 0 Å². The van der Waals surface area contributed by atoms with Gasteiger partial charge in [0.1, 0.15) is 12.4 Å². The van der Waals surface area contributed by atoms with E-state index in [1.807, 2.05) is 60.7 Å². The number of aromatic nitrogens is 2. The number of hydrogen-bond donors (Lipinski definition) is 0. The van der Waals surface area contributed by atoms with Gasteiger partial charge in [-0.3, -0.25) is 4.79 Å². The second kappa shape index (κ2) is 7.76. The van der Waals surface area contributed by atoms with Crippen molar-refractivity contribution in [3.63, 3.8) is 0 Å². The van der Waals surface area contributed by atoms with Crippen molar-refractivity contribution in [1.29, 1.82) is 0 Å². The Morgan fingerprint density at radius 3 is 2.70 bits per heavy atom. The number of imidazole rings is 1. The zero-order valence-electron chi connectivity index (χ0n) is 15.5. The average Bonchev–Trinajstić information content (AvgIpc) is 3.25. The highest BCUT2D eigenvalue weighted by Gasteiger charge is 2.11. The number of para-hydroxylation sites is 3. The predicted octanol–water partition coefficient (Wildman–Crippen LogP) is 5.34. The van der Waals surface area contributed by atoms with Gasteiger partial charge in [-0.25, -0.2) is 9.38 Å². The minimum Gasteiger partial charge on any atom is -0.488 e. The Kier molecular flexibility index (Phi) is 4.95. The van der Waals surface area contributed by atoms with E-state index in [2.05, 4.69) is 4.98 Å². The second-order valence-corrected chi connectivity index (χ2v) is 8.55. The molecule has 4 nitrogen and oxygen atoms in total. The predicted molar refractivity (Wildman–Crippen MR) is 123 cm³/mol. The normalized spacial score (nSPS) is 12.1. The van der Waals surface area contributed by atoms with E-state index in [4.69, 9.17) is 27.9 Å². The third kappa shape index (κ3) is 3.45. The number of benzene rings is 3. The molecule has 5 aromatic rings. The van der Waals surface area contributed by atoms with E-state index in [-0.39, 0.29) is 5.56 Å². The Labute approximate surface area is 185 Å². The summed E-state index contributed by atoms with van der Waals surface area (Å²) in [7, 11) is 0. The van der Waals surface area contributed by atoms with Gasteiger partial charge in [-0.05, 0) is 36.4 Å². The molecule has 0 aliphatic heterocycles. The molecular formula is C23H14Cl2N2O2S. The minimum atomic E-state index is -0.0840. The van der Waals surface area contributed by atoms with Gasteiger partial charge in [0.05, 0.1) is 15.6 Å². The molecule has 0 aliphatic carbocycles. The van der Waals surface area contributed by atoms with E-state index in [9.17, 15) is 4.79 Å². The van der Waals surface area contributed by atoms with Crippen LogP contribution in [0.15, 0.2) is 71.5 Å². The molecule has 0 aliphatic rings. The molecule has 148 valence electrons. The van der Waals surface area contributed by atoms with Crippen LogP contribution < -0.4 is 14.8 Å². The Morgan fingerprint density at radius 1 is 1.03 bits per heavy atom. The van der Waals surface area contributed by atoms with E-state index < -0.39 is 0 Å². The Balaban J connectivity index is 1.53. The van der Waals surface area contributed by atoms with Gasteiger partial charge in [-0.2, -0.15) is 0 Å². The van der Waals surface area contributed by atoms with Crippen molar-refractivity contribution in [3.8, 4) is 5.75 Å². The largest absolute Gasteiger partial charge is 0.488 e. The maximum Gasteiger partial charge on any atom is 0.274 e. The van der Waals surface area contributed by atoms with Crippen LogP contribution in [0.3, 0.4) is 0 Å². The topological polar surface area (TPSA) is 43.6 Å². The summed E-state index contributed by atoms with van der Waals surface area (Å²) in [6.07, 6.45) is 1.84. The van der Waals surface area contributed by atoms with Crippen molar-refractivity contribution >= 4 is 56.6 Å². The van der Waals surface area contributed by atoms with Crippen LogP contribution in [-0.4, -0.2) is 9.38 Å². The van der Waals surface area contributed by atoms with Gasteiger partial charge in [0.15, 0.2) is 4.96 Å². The van der Waals surface area contributed by atoms with Gasteiger partial charge in [0.25, 0.3) is 5.56 Å². The summed E-state index contributed by atoms with van der Waals surface area (Å²) < 4.78 is 8.26. The Morgan fingerprint density at radius 2 is 1.83 bits per heavy atom. The fourth-order valence-corrected chi connectivity index (χ4v) is 4.72. The molecule has 2 aromatic heterocycles. The van der Waals surface area contributed by atoms with Crippen LogP contribution in [0.5, 0.6) is 5.75 Å². The van der Waals surface area contributed by atoms with Crippen LogP contribution >= 0.6 is 34.5 Å². The van der Waals surface area contributed by atoms with Crippen LogP contribution in [0.1, 0.15) is 11.1 Å². The zero-order chi connectivity index (χ0) is 20.7. The number of hydrogen-bond acceptors (Lipinski definition) is 4. The Bertz CT molecular complexity index is 1510. The number of halogens is 2. The molecule has 0 spiro atoms. The van der Waals surface area contributed by atoms with Crippen LogP contribution in [0.4, 0.5) is 0 Å². The maximum absolute atomic E-state index is 13.0. The lowest BCUT2D eigenvalue weighted by atomic mass is 10.2. The first-order valence-electron chi connectivity index (χ1n) is 9.17. The number of thiazole rings is 1. The minimum absolute atomic E-state index is 0.0840. The van der Waals surface area contributed by atoms with E-state index in [1.165, 1.54) is 11.3 Å². The number of fused-ring (bicyclic) bond motifs is 3. The van der Waals surface area contributed by atoms with Gasteiger partial charge >= 0.3 is 0 Å². The van der Waals surface area contributed by atoms with Crippen LogP contribution in [-0.2, 0) is 6.61 Å². The van der Waals surface area contributed by atoms with E-state index in [0.717, 1.165) is 22.2 Å². The lowest BCUT2D eigenvalue weighted by Gasteiger charge is -2.10. The first-order valence-corrected chi connectivity index (χ1v) is 10.7. The van der Waals surface area contributed by atoms with Crippen LogP contribution in [0.2, 0.25) is 10.0 Å². The monoisotopic (exact) mass is 452 g/mol. The summed E-state index contributed by atoms with van der Waals surface area (Å²) >= 11 is 13.6. The van der Waals surface area contributed by atoms with Gasteiger partial charge in [-0.1, -0.05) is 70.9 Å². The molecule has 0 N–H and O–H groups in total. The van der Waals surface area contributed by atoms with E-state index in [1.54, 1.807) is 16.5 Å². The van der Waals surface area contributed by atoms with Gasteiger partial charge in [-0.15, -0.1) is 0 Å². The molecule has 0 fully saturated rings. The highest BCUT2D eigenvalue weighted by atomic mass is 35.5. The number of ether oxygens (including phenoxy) is 1. The first kappa shape index (κ1) is 19.1. The standard InChI is InChI=1S/C23H14Cl2N2O2S/c24-16-10-9-15(17(25)12-16)13-29-20-8-4-1-5-14(20)11-21-22(28)27-19-7-3-2-6-18(19)26-23(27)30-21/h1-12H,13H2/b21-11-. The quantitative estimate of drug-likeness (QED) is 0.369. The molecule has 0 saturated carbocycles. The van der Waals surface area contributed by atoms with E-state index >= 15 is 0 Å². The third-order valence-electron chi connectivity index (χ3n) is 4.75. The fourth-order valence-electron chi connectivity index (χ4n) is 3.28. The van der Waals surface area contributed by atoms with Crippen molar-refractivity contribution in [2.45, 2.75) is 6.61 Å². The van der Waals surface area contributed by atoms with Crippen molar-refractivity contribution < 1.29 is 4.74 Å². The zero-order valence-corrected chi connectivity index (χ0v) is 17.8. The summed E-state index contributed by atoms with van der Waals surface area (Å²) in [5.41, 5.74) is 3.19. The smallest absolute Gasteiger partial charge is 0.274 e. The molecular weight excluding hydrogens is 439 g/mol. The summed E-state index contributed by atoms with van der Waals surface area (Å²) in [6.45, 7) is 0.295. The number of rotatable bonds is 4. The van der Waals surface area contributed by atoms with Crippen molar-refractivity contribution in [3.05, 3.63) is 103 Å². The lowest BCUT2D eigenvalue weighted by molar-refractivity contribution is 0.305. The molecule has 0 saturated heterocycles. The Hall–Kier alpha value is -2.86. The average molecular weight is 453 g/mol. The SMILES string of the molecule is O=c1/c(=C/c2ccccc2OCc2ccc(Cl)cc2Cl)sc2nc3ccccc3n12. The molecule has 30 heavy (non-hydrogen) atoms. The van der Waals surface area contributed by atoms with E-state index in [0.29, 0.717) is 31.9 Å². The van der Waals surface area contributed by atoms with Gasteiger partial charge in [0.2, 0.25) is 0 Å². The highest BCUT2D eigenvalue weighted by Crippen LogP contribution is 2.25. The summed E-state index contributed by atoms with van der Waals surface area (Å²) in [5.74, 6) is 0.666. The lowest BCUT2D eigenvalue weighted by Crippen LogP contribution is -2.22.